The maximum atomic E-state index is 10.9. The molecule has 0 radical (unpaired) electrons. The van der Waals surface area contributed by atoms with Crippen molar-refractivity contribution >= 4 is 33.5 Å². The summed E-state index contributed by atoms with van der Waals surface area (Å²) in [6.45, 7) is 0. The normalized spacial score (nSPS) is 30.9. The van der Waals surface area contributed by atoms with Crippen LogP contribution >= 0.6 is 27.5 Å². The number of halogens is 2. The van der Waals surface area contributed by atoms with Crippen molar-refractivity contribution in [2.24, 2.45) is 11.8 Å². The van der Waals surface area contributed by atoms with E-state index in [4.69, 9.17) is 16.7 Å². The molecule has 1 aromatic rings. The summed E-state index contributed by atoms with van der Waals surface area (Å²) in [5.74, 6) is -0.352. The van der Waals surface area contributed by atoms with Crippen molar-refractivity contribution in [1.29, 1.82) is 0 Å². The number of hydrogen-bond donors (Lipinski definition) is 1. The summed E-state index contributed by atoms with van der Waals surface area (Å²) in [5.41, 5.74) is 2.37. The molecule has 0 spiro atoms. The first-order valence-corrected chi connectivity index (χ1v) is 5.97. The van der Waals surface area contributed by atoms with E-state index in [2.05, 4.69) is 15.9 Å². The van der Waals surface area contributed by atoms with Crippen molar-refractivity contribution in [3.8, 4) is 0 Å². The highest BCUT2D eigenvalue weighted by molar-refractivity contribution is 9.10. The summed E-state index contributed by atoms with van der Waals surface area (Å²) in [4.78, 5) is 10.9. The first kappa shape index (κ1) is 9.67. The first-order valence-electron chi connectivity index (χ1n) is 4.80. The van der Waals surface area contributed by atoms with Crippen LogP contribution in [-0.2, 0) is 11.2 Å². The van der Waals surface area contributed by atoms with Gasteiger partial charge in [0, 0.05) is 15.4 Å². The van der Waals surface area contributed by atoms with Crippen molar-refractivity contribution in [3.63, 3.8) is 0 Å². The lowest BCUT2D eigenvalue weighted by Crippen LogP contribution is -2.05. The number of rotatable bonds is 1. The Morgan fingerprint density at radius 3 is 2.93 bits per heavy atom. The van der Waals surface area contributed by atoms with Crippen LogP contribution in [0.15, 0.2) is 16.6 Å². The third-order valence-electron chi connectivity index (χ3n) is 3.45. The molecule has 0 unspecified atom stereocenters. The van der Waals surface area contributed by atoms with Gasteiger partial charge in [-0.25, -0.2) is 0 Å². The first-order chi connectivity index (χ1) is 7.09. The Bertz CT molecular complexity index is 472. The molecule has 3 atom stereocenters. The quantitative estimate of drug-likeness (QED) is 0.862. The van der Waals surface area contributed by atoms with Gasteiger partial charge >= 0.3 is 5.97 Å². The maximum Gasteiger partial charge on any atom is 0.307 e. The highest BCUT2D eigenvalue weighted by atomic mass is 79.9. The topological polar surface area (TPSA) is 37.3 Å². The Hall–Kier alpha value is -0.540. The number of carboxylic acid groups (broad SMARTS) is 1. The largest absolute Gasteiger partial charge is 0.481 e. The molecule has 1 aromatic carbocycles. The molecule has 0 aromatic heterocycles. The molecule has 2 aliphatic carbocycles. The molecule has 0 heterocycles. The van der Waals surface area contributed by atoms with Crippen LogP contribution in [0.25, 0.3) is 0 Å². The zero-order valence-corrected chi connectivity index (χ0v) is 10.0. The Labute approximate surface area is 100 Å². The Kier molecular flexibility index (Phi) is 1.92. The minimum atomic E-state index is -0.674. The molecule has 2 aliphatic rings. The van der Waals surface area contributed by atoms with Gasteiger partial charge in [0.15, 0.2) is 0 Å². The fourth-order valence-corrected chi connectivity index (χ4v) is 3.76. The van der Waals surface area contributed by atoms with Crippen LogP contribution in [0.4, 0.5) is 0 Å². The second kappa shape index (κ2) is 2.98. The number of carbonyl (C=O) groups is 1. The van der Waals surface area contributed by atoms with Crippen LogP contribution in [-0.4, -0.2) is 11.1 Å². The predicted molar refractivity (Wildman–Crippen MR) is 60.2 cm³/mol. The molecule has 1 saturated carbocycles. The third kappa shape index (κ3) is 1.26. The summed E-state index contributed by atoms with van der Waals surface area (Å²) in [6.07, 6.45) is 0.870. The van der Waals surface area contributed by atoms with E-state index in [0.717, 1.165) is 16.5 Å². The van der Waals surface area contributed by atoms with Crippen LogP contribution in [0.3, 0.4) is 0 Å². The molecule has 3 rings (SSSR count). The van der Waals surface area contributed by atoms with E-state index in [1.165, 1.54) is 5.56 Å². The van der Waals surface area contributed by atoms with Gasteiger partial charge in [-0.1, -0.05) is 27.5 Å². The van der Waals surface area contributed by atoms with Gasteiger partial charge in [-0.2, -0.15) is 0 Å². The summed E-state index contributed by atoms with van der Waals surface area (Å²) < 4.78 is 1.02. The molecule has 4 heteroatoms. The zero-order chi connectivity index (χ0) is 10.7. The zero-order valence-electron chi connectivity index (χ0n) is 7.71. The summed E-state index contributed by atoms with van der Waals surface area (Å²) in [5, 5.41) is 9.66. The van der Waals surface area contributed by atoms with Gasteiger partial charge in [-0.3, -0.25) is 4.79 Å². The second-order valence-electron chi connectivity index (χ2n) is 4.21. The van der Waals surface area contributed by atoms with E-state index < -0.39 is 5.97 Å². The second-order valence-corrected chi connectivity index (χ2v) is 5.50. The standard InChI is InChI=1S/C11H8BrClO2/c12-8-2-4(13)1-6-5(8)3-7-9(6)10(7)11(14)15/h1-2,7,9-10H,3H2,(H,14,15)/t7-,9-,10+/m0/s1. The van der Waals surface area contributed by atoms with E-state index in [9.17, 15) is 4.79 Å². The van der Waals surface area contributed by atoms with Gasteiger partial charge in [0.25, 0.3) is 0 Å². The van der Waals surface area contributed by atoms with Crippen molar-refractivity contribution in [2.75, 3.05) is 0 Å². The van der Waals surface area contributed by atoms with Crippen molar-refractivity contribution in [3.05, 3.63) is 32.8 Å². The fourth-order valence-electron chi connectivity index (χ4n) is 2.76. The smallest absolute Gasteiger partial charge is 0.307 e. The number of benzene rings is 1. The molecular formula is C11H8BrClO2. The lowest BCUT2D eigenvalue weighted by atomic mass is 10.0. The number of carboxylic acids is 1. The number of aliphatic carboxylic acids is 1. The SMILES string of the molecule is O=C(O)[C@@H]1[C@H]2Cc3c(Br)cc(Cl)cc3[C@@H]21. The molecular weight excluding hydrogens is 279 g/mol. The van der Waals surface area contributed by atoms with Crippen LogP contribution in [0.1, 0.15) is 17.0 Å². The van der Waals surface area contributed by atoms with Crippen LogP contribution in [0.2, 0.25) is 5.02 Å². The van der Waals surface area contributed by atoms with E-state index >= 15 is 0 Å². The summed E-state index contributed by atoms with van der Waals surface area (Å²) >= 11 is 9.43. The number of hydrogen-bond acceptors (Lipinski definition) is 1. The van der Waals surface area contributed by atoms with E-state index in [1.54, 1.807) is 0 Å². The molecule has 2 nitrogen and oxygen atoms in total. The van der Waals surface area contributed by atoms with Crippen LogP contribution in [0.5, 0.6) is 0 Å². The Morgan fingerprint density at radius 2 is 2.27 bits per heavy atom. The van der Waals surface area contributed by atoms with Crippen molar-refractivity contribution in [1.82, 2.24) is 0 Å². The summed E-state index contributed by atoms with van der Waals surface area (Å²) in [6, 6.07) is 3.79. The average molecular weight is 288 g/mol. The lowest BCUT2D eigenvalue weighted by molar-refractivity contribution is -0.139. The average Bonchev–Trinajstić information content (AvgIpc) is 2.74. The van der Waals surface area contributed by atoms with Gasteiger partial charge in [0.1, 0.15) is 0 Å². The van der Waals surface area contributed by atoms with Gasteiger partial charge < -0.3 is 5.11 Å². The molecule has 0 saturated heterocycles. The van der Waals surface area contributed by atoms with Gasteiger partial charge in [-0.05, 0) is 35.6 Å². The molecule has 0 aliphatic heterocycles. The Morgan fingerprint density at radius 1 is 1.53 bits per heavy atom. The van der Waals surface area contributed by atoms with Crippen molar-refractivity contribution < 1.29 is 9.90 Å². The Balaban J connectivity index is 2.05. The van der Waals surface area contributed by atoms with E-state index in [1.807, 2.05) is 12.1 Å². The van der Waals surface area contributed by atoms with E-state index in [0.29, 0.717) is 10.9 Å². The molecule has 0 amide bonds. The molecule has 0 bridgehead atoms. The third-order valence-corrected chi connectivity index (χ3v) is 4.37. The predicted octanol–water partition coefficient (Wildman–Crippen LogP) is 3.07. The maximum absolute atomic E-state index is 10.9. The minimum absolute atomic E-state index is 0.178. The summed E-state index contributed by atoms with van der Waals surface area (Å²) in [7, 11) is 0. The molecule has 78 valence electrons. The fraction of sp³-hybridized carbons (Fsp3) is 0.364. The van der Waals surface area contributed by atoms with Gasteiger partial charge in [0.05, 0.1) is 5.92 Å². The highest BCUT2D eigenvalue weighted by Crippen LogP contribution is 2.62. The van der Waals surface area contributed by atoms with Crippen LogP contribution < -0.4 is 0 Å². The highest BCUT2D eigenvalue weighted by Gasteiger charge is 2.60. The van der Waals surface area contributed by atoms with Crippen molar-refractivity contribution in [2.45, 2.75) is 12.3 Å². The number of fused-ring (bicyclic) bond motifs is 3. The molecule has 1 N–H and O–H groups in total. The minimum Gasteiger partial charge on any atom is -0.481 e. The van der Waals surface area contributed by atoms with Gasteiger partial charge in [0.2, 0.25) is 0 Å². The molecule has 1 fully saturated rings. The lowest BCUT2D eigenvalue weighted by Gasteiger charge is -2.08. The monoisotopic (exact) mass is 286 g/mol. The molecule has 15 heavy (non-hydrogen) atoms. The van der Waals surface area contributed by atoms with Crippen LogP contribution in [0, 0.1) is 11.8 Å². The van der Waals surface area contributed by atoms with E-state index in [-0.39, 0.29) is 11.8 Å². The van der Waals surface area contributed by atoms with Gasteiger partial charge in [-0.15, -0.1) is 0 Å².